The Hall–Kier alpha value is -2.07. The van der Waals surface area contributed by atoms with Gasteiger partial charge in [0.05, 0.1) is 4.92 Å². The molecule has 0 aliphatic heterocycles. The van der Waals surface area contributed by atoms with Gasteiger partial charge in [-0.25, -0.2) is 12.8 Å². The van der Waals surface area contributed by atoms with E-state index in [2.05, 4.69) is 0 Å². The third kappa shape index (κ3) is 3.48. The SMILES string of the molecule is CC[C@H](NS(=O)(=O)c1cc([N+](=O)[O-])ccc1F)C(=O)O. The molecule has 1 rings (SSSR count). The molecular weight excluding hydrogens is 295 g/mol. The maximum Gasteiger partial charge on any atom is 0.321 e. The fourth-order valence-electron chi connectivity index (χ4n) is 1.37. The number of nitrogens with zero attached hydrogens (tertiary/aromatic N) is 1. The zero-order chi connectivity index (χ0) is 15.5. The molecule has 0 aliphatic carbocycles. The van der Waals surface area contributed by atoms with Gasteiger partial charge in [0, 0.05) is 12.1 Å². The Morgan fingerprint density at radius 1 is 1.55 bits per heavy atom. The van der Waals surface area contributed by atoms with E-state index in [9.17, 15) is 27.7 Å². The normalized spacial score (nSPS) is 12.9. The molecule has 10 heteroatoms. The third-order valence-electron chi connectivity index (χ3n) is 2.42. The molecule has 0 amide bonds. The summed E-state index contributed by atoms with van der Waals surface area (Å²) in [5.74, 6) is -2.63. The van der Waals surface area contributed by atoms with Gasteiger partial charge in [0.15, 0.2) is 0 Å². The van der Waals surface area contributed by atoms with E-state index in [1.807, 2.05) is 0 Å². The summed E-state index contributed by atoms with van der Waals surface area (Å²) >= 11 is 0. The lowest BCUT2D eigenvalue weighted by Crippen LogP contribution is -2.40. The van der Waals surface area contributed by atoms with Gasteiger partial charge in [-0.05, 0) is 12.5 Å². The number of halogens is 1. The monoisotopic (exact) mass is 306 g/mol. The van der Waals surface area contributed by atoms with Crippen molar-refractivity contribution in [2.75, 3.05) is 0 Å². The van der Waals surface area contributed by atoms with Gasteiger partial charge in [0.2, 0.25) is 10.0 Å². The first-order chi connectivity index (χ1) is 9.19. The van der Waals surface area contributed by atoms with Gasteiger partial charge in [-0.3, -0.25) is 14.9 Å². The van der Waals surface area contributed by atoms with E-state index in [0.29, 0.717) is 12.1 Å². The summed E-state index contributed by atoms with van der Waals surface area (Å²) in [5.41, 5.74) is -0.616. The number of hydrogen-bond acceptors (Lipinski definition) is 5. The van der Waals surface area contributed by atoms with E-state index < -0.39 is 43.4 Å². The molecule has 0 fully saturated rings. The van der Waals surface area contributed by atoms with Gasteiger partial charge >= 0.3 is 5.97 Å². The molecule has 2 N–H and O–H groups in total. The number of rotatable bonds is 6. The van der Waals surface area contributed by atoms with Gasteiger partial charge in [-0.1, -0.05) is 6.92 Å². The average molecular weight is 306 g/mol. The second-order valence-electron chi connectivity index (χ2n) is 3.79. The van der Waals surface area contributed by atoms with Crippen molar-refractivity contribution < 1.29 is 27.6 Å². The van der Waals surface area contributed by atoms with E-state index in [1.54, 1.807) is 4.72 Å². The predicted molar refractivity (Wildman–Crippen MR) is 65.1 cm³/mol. The molecule has 0 bridgehead atoms. The molecule has 1 aromatic carbocycles. The van der Waals surface area contributed by atoms with Crippen molar-refractivity contribution in [3.05, 3.63) is 34.1 Å². The number of nitro groups is 1. The zero-order valence-electron chi connectivity index (χ0n) is 10.2. The number of carboxylic acid groups (broad SMARTS) is 1. The number of non-ortho nitro benzene ring substituents is 1. The Kier molecular flexibility index (Phi) is 4.73. The largest absolute Gasteiger partial charge is 0.480 e. The highest BCUT2D eigenvalue weighted by atomic mass is 32.2. The lowest BCUT2D eigenvalue weighted by Gasteiger charge is -2.13. The van der Waals surface area contributed by atoms with Gasteiger partial charge in [0.1, 0.15) is 16.8 Å². The fourth-order valence-corrected chi connectivity index (χ4v) is 2.74. The molecule has 0 heterocycles. The van der Waals surface area contributed by atoms with E-state index >= 15 is 0 Å². The summed E-state index contributed by atoms with van der Waals surface area (Å²) in [6.45, 7) is 1.42. The van der Waals surface area contributed by atoms with E-state index in [1.165, 1.54) is 6.92 Å². The first-order valence-electron chi connectivity index (χ1n) is 5.38. The Labute approximate surface area is 113 Å². The predicted octanol–water partition coefficient (Wildman–Crippen LogP) is 0.875. The van der Waals surface area contributed by atoms with Crippen molar-refractivity contribution in [2.24, 2.45) is 0 Å². The number of nitrogens with one attached hydrogen (secondary N) is 1. The van der Waals surface area contributed by atoms with Crippen molar-refractivity contribution in [3.8, 4) is 0 Å². The van der Waals surface area contributed by atoms with Crippen molar-refractivity contribution in [1.29, 1.82) is 0 Å². The minimum absolute atomic E-state index is 0.0644. The smallest absolute Gasteiger partial charge is 0.321 e. The van der Waals surface area contributed by atoms with Crippen molar-refractivity contribution in [2.45, 2.75) is 24.3 Å². The van der Waals surface area contributed by atoms with Crippen LogP contribution in [0.25, 0.3) is 0 Å². The van der Waals surface area contributed by atoms with E-state index in [4.69, 9.17) is 5.11 Å². The standard InChI is InChI=1S/C10H11FN2O6S/c1-2-8(10(14)15)12-20(18,19)9-5-6(13(16)17)3-4-7(9)11/h3-5,8,12H,2H2,1H3,(H,14,15)/t8-/m0/s1. The molecule has 0 radical (unpaired) electrons. The molecule has 0 aromatic heterocycles. The molecule has 8 nitrogen and oxygen atoms in total. The van der Waals surface area contributed by atoms with Crippen LogP contribution in [0.15, 0.2) is 23.1 Å². The number of aliphatic carboxylic acids is 1. The first-order valence-corrected chi connectivity index (χ1v) is 6.86. The second kappa shape index (κ2) is 5.92. The van der Waals surface area contributed by atoms with Crippen LogP contribution in [0.1, 0.15) is 13.3 Å². The van der Waals surface area contributed by atoms with Gasteiger partial charge < -0.3 is 5.11 Å². The van der Waals surface area contributed by atoms with E-state index in [0.717, 1.165) is 6.07 Å². The number of hydrogen-bond donors (Lipinski definition) is 2. The van der Waals surface area contributed by atoms with Crippen LogP contribution in [-0.2, 0) is 14.8 Å². The summed E-state index contributed by atoms with van der Waals surface area (Å²) in [6.07, 6.45) is -0.0644. The molecule has 0 saturated heterocycles. The van der Waals surface area contributed by atoms with Crippen LogP contribution in [0, 0.1) is 15.9 Å². The molecule has 0 saturated carbocycles. The number of sulfonamides is 1. The Balaban J connectivity index is 3.24. The van der Waals surface area contributed by atoms with Crippen molar-refractivity contribution >= 4 is 21.7 Å². The molecule has 0 unspecified atom stereocenters. The molecule has 110 valence electrons. The van der Waals surface area contributed by atoms with Crippen LogP contribution in [0.2, 0.25) is 0 Å². The minimum Gasteiger partial charge on any atom is -0.480 e. The fraction of sp³-hybridized carbons (Fsp3) is 0.300. The highest BCUT2D eigenvalue weighted by molar-refractivity contribution is 7.89. The number of benzene rings is 1. The van der Waals surface area contributed by atoms with Gasteiger partial charge in [-0.15, -0.1) is 0 Å². The van der Waals surface area contributed by atoms with Crippen molar-refractivity contribution in [1.82, 2.24) is 4.72 Å². The summed E-state index contributed by atoms with van der Waals surface area (Å²) < 4.78 is 39.0. The summed E-state index contributed by atoms with van der Waals surface area (Å²) in [4.78, 5) is 19.5. The topological polar surface area (TPSA) is 127 Å². The van der Waals surface area contributed by atoms with E-state index in [-0.39, 0.29) is 6.42 Å². The molecule has 0 spiro atoms. The van der Waals surface area contributed by atoms with Gasteiger partial charge in [0.25, 0.3) is 5.69 Å². The number of carbonyl (C=O) groups is 1. The second-order valence-corrected chi connectivity index (χ2v) is 5.47. The maximum atomic E-state index is 13.5. The summed E-state index contributed by atoms with van der Waals surface area (Å²) in [6, 6.07) is 0.530. The first kappa shape index (κ1) is 16.0. The summed E-state index contributed by atoms with van der Waals surface area (Å²) in [7, 11) is -4.51. The summed E-state index contributed by atoms with van der Waals surface area (Å²) in [5, 5.41) is 19.3. The molecule has 20 heavy (non-hydrogen) atoms. The maximum absolute atomic E-state index is 13.5. The van der Waals surface area contributed by atoms with Crippen LogP contribution < -0.4 is 4.72 Å². The quantitative estimate of drug-likeness (QED) is 0.593. The van der Waals surface area contributed by atoms with Gasteiger partial charge in [-0.2, -0.15) is 4.72 Å². The highest BCUT2D eigenvalue weighted by Gasteiger charge is 2.27. The Bertz CT molecular complexity index is 645. The Morgan fingerprint density at radius 3 is 2.60 bits per heavy atom. The van der Waals surface area contributed by atoms with Crippen LogP contribution in [0.5, 0.6) is 0 Å². The number of carboxylic acids is 1. The highest BCUT2D eigenvalue weighted by Crippen LogP contribution is 2.21. The molecule has 1 atom stereocenters. The molecular formula is C10H11FN2O6S. The molecule has 0 aliphatic rings. The zero-order valence-corrected chi connectivity index (χ0v) is 11.1. The van der Waals surface area contributed by atoms with Crippen LogP contribution in [-0.4, -0.2) is 30.5 Å². The Morgan fingerprint density at radius 2 is 2.15 bits per heavy atom. The third-order valence-corrected chi connectivity index (χ3v) is 3.91. The van der Waals surface area contributed by atoms with Crippen molar-refractivity contribution in [3.63, 3.8) is 0 Å². The average Bonchev–Trinajstić information content (AvgIpc) is 2.35. The minimum atomic E-state index is -4.51. The van der Waals surface area contributed by atoms with Crippen LogP contribution in [0.3, 0.4) is 0 Å². The van der Waals surface area contributed by atoms with Crippen LogP contribution in [0.4, 0.5) is 10.1 Å². The lowest BCUT2D eigenvalue weighted by molar-refractivity contribution is -0.385. The lowest BCUT2D eigenvalue weighted by atomic mass is 10.2. The van der Waals surface area contributed by atoms with Crippen LogP contribution >= 0.6 is 0 Å². The molecule has 1 aromatic rings. The number of nitro benzene ring substituents is 1.